The zero-order valence-corrected chi connectivity index (χ0v) is 12.6. The Hall–Kier alpha value is -1.10. The van der Waals surface area contributed by atoms with E-state index in [0.717, 1.165) is 18.7 Å². The molecule has 0 unspecified atom stereocenters. The third-order valence-electron chi connectivity index (χ3n) is 3.99. The standard InChI is InChI=1S/C15H26N2O3/c1-12-11-15(2,20-17-12)14(18)16-9-6-10-19-13-7-4-3-5-8-13/h13H,3-11H2,1-2H3,(H,16,18)/t15-/m1/s1. The highest BCUT2D eigenvalue weighted by Crippen LogP contribution is 2.23. The highest BCUT2D eigenvalue weighted by Gasteiger charge is 2.40. The van der Waals surface area contributed by atoms with Gasteiger partial charge in [-0.15, -0.1) is 0 Å². The monoisotopic (exact) mass is 282 g/mol. The van der Waals surface area contributed by atoms with Gasteiger partial charge in [0.25, 0.3) is 5.91 Å². The summed E-state index contributed by atoms with van der Waals surface area (Å²) in [4.78, 5) is 17.2. The maximum absolute atomic E-state index is 12.0. The van der Waals surface area contributed by atoms with Crippen molar-refractivity contribution in [1.29, 1.82) is 0 Å². The van der Waals surface area contributed by atoms with Gasteiger partial charge in [-0.3, -0.25) is 4.79 Å². The average Bonchev–Trinajstić information content (AvgIpc) is 2.80. The lowest BCUT2D eigenvalue weighted by Gasteiger charge is -2.22. The predicted octanol–water partition coefficient (Wildman–Crippen LogP) is 2.40. The van der Waals surface area contributed by atoms with Crippen LogP contribution in [0.15, 0.2) is 5.16 Å². The summed E-state index contributed by atoms with van der Waals surface area (Å²) in [6, 6.07) is 0. The Morgan fingerprint density at radius 2 is 2.20 bits per heavy atom. The topological polar surface area (TPSA) is 59.9 Å². The van der Waals surface area contributed by atoms with Gasteiger partial charge in [0.2, 0.25) is 5.60 Å². The van der Waals surface area contributed by atoms with Crippen LogP contribution >= 0.6 is 0 Å². The van der Waals surface area contributed by atoms with Crippen molar-refractivity contribution in [1.82, 2.24) is 5.32 Å². The maximum Gasteiger partial charge on any atom is 0.267 e. The fourth-order valence-electron chi connectivity index (χ4n) is 2.80. The molecule has 1 aliphatic heterocycles. The summed E-state index contributed by atoms with van der Waals surface area (Å²) >= 11 is 0. The van der Waals surface area contributed by atoms with Crippen LogP contribution in [0.5, 0.6) is 0 Å². The molecule has 2 aliphatic rings. The van der Waals surface area contributed by atoms with Crippen molar-refractivity contribution < 1.29 is 14.4 Å². The van der Waals surface area contributed by atoms with E-state index in [2.05, 4.69) is 10.5 Å². The fraction of sp³-hybridized carbons (Fsp3) is 0.867. The minimum Gasteiger partial charge on any atom is -0.379 e. The van der Waals surface area contributed by atoms with Crippen molar-refractivity contribution in [3.8, 4) is 0 Å². The van der Waals surface area contributed by atoms with Crippen molar-refractivity contribution >= 4 is 11.6 Å². The fourth-order valence-corrected chi connectivity index (χ4v) is 2.80. The molecule has 0 aromatic heterocycles. The van der Waals surface area contributed by atoms with Crippen molar-refractivity contribution in [3.63, 3.8) is 0 Å². The molecule has 0 radical (unpaired) electrons. The zero-order chi connectivity index (χ0) is 14.4. The number of carbonyl (C=O) groups excluding carboxylic acids is 1. The van der Waals surface area contributed by atoms with Crippen LogP contribution in [0.1, 0.15) is 58.8 Å². The van der Waals surface area contributed by atoms with E-state index in [0.29, 0.717) is 19.1 Å². The third-order valence-corrected chi connectivity index (χ3v) is 3.99. The first-order valence-corrected chi connectivity index (χ1v) is 7.72. The number of oxime groups is 1. The normalized spacial score (nSPS) is 27.0. The molecule has 1 amide bonds. The lowest BCUT2D eigenvalue weighted by atomic mass is 9.98. The number of rotatable bonds is 6. The summed E-state index contributed by atoms with van der Waals surface area (Å²) in [5.74, 6) is -0.0873. The first-order valence-electron chi connectivity index (χ1n) is 7.72. The molecule has 1 saturated carbocycles. The second-order valence-electron chi connectivity index (χ2n) is 6.07. The number of nitrogens with one attached hydrogen (secondary N) is 1. The lowest BCUT2D eigenvalue weighted by molar-refractivity contribution is -0.141. The van der Waals surface area contributed by atoms with Crippen molar-refractivity contribution in [2.45, 2.75) is 70.5 Å². The van der Waals surface area contributed by atoms with Crippen LogP contribution in [-0.4, -0.2) is 36.5 Å². The Kier molecular flexibility index (Phi) is 5.40. The summed E-state index contributed by atoms with van der Waals surface area (Å²) < 4.78 is 5.83. The predicted molar refractivity (Wildman–Crippen MR) is 77.7 cm³/mol. The first kappa shape index (κ1) is 15.3. The molecule has 2 rings (SSSR count). The van der Waals surface area contributed by atoms with E-state index in [1.807, 2.05) is 6.92 Å². The highest BCUT2D eigenvalue weighted by atomic mass is 16.7. The quantitative estimate of drug-likeness (QED) is 0.761. The van der Waals surface area contributed by atoms with E-state index in [9.17, 15) is 4.79 Å². The molecule has 0 saturated heterocycles. The molecule has 0 aromatic carbocycles. The highest BCUT2D eigenvalue weighted by molar-refractivity contribution is 5.94. The van der Waals surface area contributed by atoms with Gasteiger partial charge in [0.05, 0.1) is 11.8 Å². The summed E-state index contributed by atoms with van der Waals surface area (Å²) in [6.07, 6.45) is 8.15. The van der Waals surface area contributed by atoms with E-state index < -0.39 is 5.60 Å². The molecule has 1 fully saturated rings. The van der Waals surface area contributed by atoms with Crippen molar-refractivity contribution in [2.75, 3.05) is 13.2 Å². The van der Waals surface area contributed by atoms with Gasteiger partial charge in [0, 0.05) is 19.6 Å². The second kappa shape index (κ2) is 7.07. The molecule has 0 bridgehead atoms. The van der Waals surface area contributed by atoms with Crippen LogP contribution in [0.2, 0.25) is 0 Å². The Bertz CT molecular complexity index is 364. The van der Waals surface area contributed by atoms with Gasteiger partial charge in [-0.05, 0) is 33.1 Å². The molecular weight excluding hydrogens is 256 g/mol. The molecule has 5 heteroatoms. The molecule has 0 aromatic rings. The number of carbonyl (C=O) groups is 1. The van der Waals surface area contributed by atoms with Crippen LogP contribution < -0.4 is 5.32 Å². The number of hydrogen-bond donors (Lipinski definition) is 1. The van der Waals surface area contributed by atoms with Gasteiger partial charge in [0.15, 0.2) is 0 Å². The van der Waals surface area contributed by atoms with Crippen LogP contribution in [0, 0.1) is 0 Å². The van der Waals surface area contributed by atoms with Crippen molar-refractivity contribution in [2.24, 2.45) is 5.16 Å². The molecule has 1 aliphatic carbocycles. The van der Waals surface area contributed by atoms with Gasteiger partial charge in [-0.1, -0.05) is 24.4 Å². The molecule has 1 heterocycles. The molecular formula is C15H26N2O3. The minimum absolute atomic E-state index is 0.0873. The molecule has 114 valence electrons. The Morgan fingerprint density at radius 3 is 2.85 bits per heavy atom. The Morgan fingerprint density at radius 1 is 1.45 bits per heavy atom. The molecule has 20 heavy (non-hydrogen) atoms. The second-order valence-corrected chi connectivity index (χ2v) is 6.07. The number of hydrogen-bond acceptors (Lipinski definition) is 4. The molecule has 1 N–H and O–H groups in total. The minimum atomic E-state index is -0.825. The van der Waals surface area contributed by atoms with Gasteiger partial charge < -0.3 is 14.9 Å². The molecule has 5 nitrogen and oxygen atoms in total. The summed E-state index contributed by atoms with van der Waals surface area (Å²) in [5.41, 5.74) is 0.0391. The van der Waals surface area contributed by atoms with E-state index in [4.69, 9.17) is 9.57 Å². The van der Waals surface area contributed by atoms with E-state index in [1.165, 1.54) is 32.1 Å². The van der Waals surface area contributed by atoms with Gasteiger partial charge in [-0.2, -0.15) is 0 Å². The van der Waals surface area contributed by atoms with E-state index >= 15 is 0 Å². The third kappa shape index (κ3) is 4.20. The summed E-state index contributed by atoms with van der Waals surface area (Å²) in [7, 11) is 0. The zero-order valence-electron chi connectivity index (χ0n) is 12.6. The summed E-state index contributed by atoms with van der Waals surface area (Å²) in [5, 5.41) is 6.75. The van der Waals surface area contributed by atoms with Crippen LogP contribution in [0.25, 0.3) is 0 Å². The number of ether oxygens (including phenoxy) is 1. The Labute approximate surface area is 121 Å². The first-order chi connectivity index (χ1) is 9.60. The molecule has 1 atom stereocenters. The van der Waals surface area contributed by atoms with Crippen LogP contribution in [0.3, 0.4) is 0 Å². The SMILES string of the molecule is CC1=NO[C@@](C)(C(=O)NCCCOC2CCCCC2)C1. The van der Waals surface area contributed by atoms with Crippen LogP contribution in [-0.2, 0) is 14.4 Å². The lowest BCUT2D eigenvalue weighted by Crippen LogP contribution is -2.45. The molecule has 0 spiro atoms. The summed E-state index contributed by atoms with van der Waals surface area (Å²) in [6.45, 7) is 5.00. The van der Waals surface area contributed by atoms with E-state index in [1.54, 1.807) is 6.92 Å². The Balaban J connectivity index is 1.55. The number of amides is 1. The van der Waals surface area contributed by atoms with Gasteiger partial charge >= 0.3 is 0 Å². The average molecular weight is 282 g/mol. The van der Waals surface area contributed by atoms with E-state index in [-0.39, 0.29) is 5.91 Å². The maximum atomic E-state index is 12.0. The number of nitrogens with zero attached hydrogens (tertiary/aromatic N) is 1. The van der Waals surface area contributed by atoms with Gasteiger partial charge in [0.1, 0.15) is 0 Å². The van der Waals surface area contributed by atoms with Gasteiger partial charge in [-0.25, -0.2) is 0 Å². The largest absolute Gasteiger partial charge is 0.379 e. The van der Waals surface area contributed by atoms with Crippen LogP contribution in [0.4, 0.5) is 0 Å². The smallest absolute Gasteiger partial charge is 0.267 e. The van der Waals surface area contributed by atoms with Crippen molar-refractivity contribution in [3.05, 3.63) is 0 Å².